The molecule has 2 aromatic carbocycles. The lowest BCUT2D eigenvalue weighted by molar-refractivity contribution is 0.601. The predicted molar refractivity (Wildman–Crippen MR) is 82.8 cm³/mol. The molecule has 0 saturated heterocycles. The van der Waals surface area contributed by atoms with Gasteiger partial charge in [0, 0.05) is 10.2 Å². The third kappa shape index (κ3) is 5.69. The summed E-state index contributed by atoms with van der Waals surface area (Å²) < 4.78 is 0. The molecule has 0 bridgehead atoms. The van der Waals surface area contributed by atoms with E-state index in [9.17, 15) is 0 Å². The second-order valence-electron chi connectivity index (χ2n) is 5.66. The van der Waals surface area contributed by atoms with Crippen molar-refractivity contribution in [1.29, 1.82) is 0 Å². The first-order valence-corrected chi connectivity index (χ1v) is 7.47. The van der Waals surface area contributed by atoms with Crippen molar-refractivity contribution in [3.8, 4) is 0 Å². The zero-order valence-corrected chi connectivity index (χ0v) is 13.5. The summed E-state index contributed by atoms with van der Waals surface area (Å²) in [4.78, 5) is 0. The molecular formula is C16H24Si. The van der Waals surface area contributed by atoms with Gasteiger partial charge in [0.1, 0.15) is 0 Å². The van der Waals surface area contributed by atoms with Gasteiger partial charge in [-0.15, -0.1) is 0 Å². The van der Waals surface area contributed by atoms with Crippen molar-refractivity contribution in [3.63, 3.8) is 0 Å². The smallest absolute Gasteiger partial charge is 0.00994 e. The molecular weight excluding hydrogens is 220 g/mol. The van der Waals surface area contributed by atoms with E-state index in [2.05, 4.69) is 69.3 Å². The van der Waals surface area contributed by atoms with Crippen molar-refractivity contribution in [2.45, 2.75) is 38.7 Å². The second-order valence-corrected chi connectivity index (χ2v) is 8.36. The van der Waals surface area contributed by atoms with Gasteiger partial charge < -0.3 is 0 Å². The van der Waals surface area contributed by atoms with Gasteiger partial charge in [-0.25, -0.2) is 0 Å². The summed E-state index contributed by atoms with van der Waals surface area (Å²) >= 11 is 0. The highest BCUT2D eigenvalue weighted by atomic mass is 28.1. The maximum Gasteiger partial charge on any atom is 0.00994 e. The summed E-state index contributed by atoms with van der Waals surface area (Å²) in [7, 11) is 1.34. The Bertz CT molecular complexity index is 375. The van der Waals surface area contributed by atoms with Crippen LogP contribution in [0.5, 0.6) is 0 Å². The monoisotopic (exact) mass is 244 g/mol. The molecule has 0 aliphatic carbocycles. The molecule has 0 heterocycles. The number of fused-ring (bicyclic) bond motifs is 1. The fourth-order valence-corrected chi connectivity index (χ4v) is 2.38. The van der Waals surface area contributed by atoms with Gasteiger partial charge in [0.2, 0.25) is 0 Å². The summed E-state index contributed by atoms with van der Waals surface area (Å²) in [5.74, 6) is 0. The molecule has 0 N–H and O–H groups in total. The minimum Gasteiger partial charge on any atom is -0.0654 e. The van der Waals surface area contributed by atoms with Crippen LogP contribution in [0.2, 0.25) is 5.04 Å². The zero-order chi connectivity index (χ0) is 12.7. The van der Waals surface area contributed by atoms with Gasteiger partial charge in [0.15, 0.2) is 0 Å². The van der Waals surface area contributed by atoms with Crippen LogP contribution in [0.3, 0.4) is 0 Å². The van der Waals surface area contributed by atoms with E-state index in [0.29, 0.717) is 5.04 Å². The highest BCUT2D eigenvalue weighted by molar-refractivity contribution is 6.14. The lowest BCUT2D eigenvalue weighted by Crippen LogP contribution is -1.99. The maximum absolute atomic E-state index is 2.34. The normalized spacial score (nSPS) is 11.0. The van der Waals surface area contributed by atoms with Crippen LogP contribution in [0.15, 0.2) is 48.5 Å². The molecule has 0 aliphatic rings. The molecule has 0 saturated carbocycles. The first kappa shape index (κ1) is 14.0. The average Bonchev–Trinajstić information content (AvgIpc) is 2.28. The van der Waals surface area contributed by atoms with E-state index < -0.39 is 0 Å². The Morgan fingerprint density at radius 1 is 0.882 bits per heavy atom. The van der Waals surface area contributed by atoms with Gasteiger partial charge in [-0.1, -0.05) is 82.1 Å². The molecule has 0 fully saturated rings. The van der Waals surface area contributed by atoms with Crippen LogP contribution >= 0.6 is 0 Å². The standard InChI is InChI=1S/C10H8.C6H16Si/c1-2-6-10-8-4-3-7-9(10)5-1;1-4-5-6(2,3)7/h1-8H;4-5H2,1-3,7H3. The van der Waals surface area contributed by atoms with E-state index in [1.54, 1.807) is 0 Å². The van der Waals surface area contributed by atoms with E-state index in [4.69, 9.17) is 0 Å². The second kappa shape index (κ2) is 6.60. The molecule has 2 rings (SSSR count). The molecule has 0 atom stereocenters. The first-order chi connectivity index (χ1) is 8.03. The van der Waals surface area contributed by atoms with Crippen LogP contribution in [0.25, 0.3) is 10.8 Å². The van der Waals surface area contributed by atoms with Crippen molar-refractivity contribution >= 4 is 21.0 Å². The number of hydrogen-bond donors (Lipinski definition) is 0. The van der Waals surface area contributed by atoms with E-state index in [0.717, 1.165) is 0 Å². The Labute approximate surface area is 108 Å². The molecule has 0 aromatic heterocycles. The lowest BCUT2D eigenvalue weighted by Gasteiger charge is -2.15. The van der Waals surface area contributed by atoms with Gasteiger partial charge in [-0.3, -0.25) is 0 Å². The van der Waals surface area contributed by atoms with Gasteiger partial charge in [-0.05, 0) is 15.8 Å². The molecule has 0 unspecified atom stereocenters. The van der Waals surface area contributed by atoms with Crippen LogP contribution in [0.1, 0.15) is 33.6 Å². The molecule has 0 amide bonds. The summed E-state index contributed by atoms with van der Waals surface area (Å²) in [5.41, 5.74) is 0. The Morgan fingerprint density at radius 2 is 1.24 bits per heavy atom. The van der Waals surface area contributed by atoms with Crippen molar-refractivity contribution in [1.82, 2.24) is 0 Å². The molecule has 1 heteroatoms. The van der Waals surface area contributed by atoms with Crippen molar-refractivity contribution in [2.24, 2.45) is 0 Å². The molecule has 17 heavy (non-hydrogen) atoms. The van der Waals surface area contributed by atoms with E-state index in [1.807, 2.05) is 0 Å². The van der Waals surface area contributed by atoms with E-state index in [1.165, 1.54) is 33.9 Å². The minimum atomic E-state index is 0.689. The van der Waals surface area contributed by atoms with Gasteiger partial charge in [-0.2, -0.15) is 0 Å². The molecule has 0 nitrogen and oxygen atoms in total. The van der Waals surface area contributed by atoms with Crippen LogP contribution in [-0.2, 0) is 0 Å². The van der Waals surface area contributed by atoms with E-state index >= 15 is 0 Å². The predicted octanol–water partition coefficient (Wildman–Crippen LogP) is 4.19. The van der Waals surface area contributed by atoms with Crippen molar-refractivity contribution in [3.05, 3.63) is 48.5 Å². The Kier molecular flexibility index (Phi) is 5.43. The summed E-state index contributed by atoms with van der Waals surface area (Å²) in [6, 6.07) is 16.7. The third-order valence-corrected chi connectivity index (χ3v) is 3.16. The quantitative estimate of drug-likeness (QED) is 0.695. The first-order valence-electron chi connectivity index (χ1n) is 6.47. The van der Waals surface area contributed by atoms with Gasteiger partial charge in [0.25, 0.3) is 0 Å². The number of hydrogen-bond acceptors (Lipinski definition) is 0. The highest BCUT2D eigenvalue weighted by Gasteiger charge is 2.06. The molecule has 0 aliphatic heterocycles. The summed E-state index contributed by atoms with van der Waals surface area (Å²) in [6.45, 7) is 6.92. The van der Waals surface area contributed by atoms with Gasteiger partial charge >= 0.3 is 0 Å². The van der Waals surface area contributed by atoms with Crippen LogP contribution in [0.4, 0.5) is 0 Å². The SMILES string of the molecule is CCCC(C)(C)[SiH3].c1ccc2ccccc2c1. The molecule has 0 spiro atoms. The van der Waals surface area contributed by atoms with Crippen molar-refractivity contribution < 1.29 is 0 Å². The van der Waals surface area contributed by atoms with Crippen molar-refractivity contribution in [2.75, 3.05) is 0 Å². The summed E-state index contributed by atoms with van der Waals surface area (Å²) in [5, 5.41) is 3.31. The summed E-state index contributed by atoms with van der Waals surface area (Å²) in [6.07, 6.45) is 2.75. The average molecular weight is 244 g/mol. The minimum absolute atomic E-state index is 0.689. The molecule has 0 radical (unpaired) electrons. The number of benzene rings is 2. The van der Waals surface area contributed by atoms with Gasteiger partial charge in [0.05, 0.1) is 0 Å². The molecule has 92 valence electrons. The Morgan fingerprint density at radius 3 is 1.41 bits per heavy atom. The van der Waals surface area contributed by atoms with Crippen LogP contribution in [-0.4, -0.2) is 10.2 Å². The third-order valence-electron chi connectivity index (χ3n) is 2.66. The van der Waals surface area contributed by atoms with Crippen LogP contribution in [0, 0.1) is 0 Å². The topological polar surface area (TPSA) is 0 Å². The lowest BCUT2D eigenvalue weighted by atomic mass is 10.1. The Balaban J connectivity index is 0.000000185. The highest BCUT2D eigenvalue weighted by Crippen LogP contribution is 2.24. The fourth-order valence-electron chi connectivity index (χ4n) is 1.88. The zero-order valence-electron chi connectivity index (χ0n) is 11.5. The van der Waals surface area contributed by atoms with Crippen LogP contribution < -0.4 is 0 Å². The maximum atomic E-state index is 2.34. The molecule has 2 aromatic rings. The Hall–Kier alpha value is -1.08. The van der Waals surface area contributed by atoms with E-state index in [-0.39, 0.29) is 0 Å². The fraction of sp³-hybridized carbons (Fsp3) is 0.375. The number of rotatable bonds is 2. The largest absolute Gasteiger partial charge is 0.0654 e.